The van der Waals surface area contributed by atoms with Crippen molar-refractivity contribution in [3.05, 3.63) is 70.0 Å². The van der Waals surface area contributed by atoms with E-state index in [9.17, 15) is 20.0 Å². The van der Waals surface area contributed by atoms with Gasteiger partial charge in [-0.1, -0.05) is 37.5 Å². The van der Waals surface area contributed by atoms with E-state index in [2.05, 4.69) is 4.98 Å². The molecule has 2 aliphatic carbocycles. The molecule has 2 aliphatic rings. The summed E-state index contributed by atoms with van der Waals surface area (Å²) < 4.78 is 5.22. The SMILES string of the molecule is COc1ccc([C@H]2[C@@H]([N+](=O)[O-])[C@H](C3CCCCC3)[C@@](O)(c3ccccn3)[C@@H]2C=O)cc1. The first-order valence-electron chi connectivity index (χ1n) is 10.9. The molecule has 2 fully saturated rings. The average Bonchev–Trinajstić information content (AvgIpc) is 3.10. The Hall–Kier alpha value is -2.80. The maximum atomic E-state index is 12.5. The van der Waals surface area contributed by atoms with Gasteiger partial charge < -0.3 is 14.6 Å². The van der Waals surface area contributed by atoms with E-state index in [4.69, 9.17) is 4.74 Å². The van der Waals surface area contributed by atoms with Crippen molar-refractivity contribution in [3.8, 4) is 5.75 Å². The van der Waals surface area contributed by atoms with Crippen LogP contribution in [0, 0.1) is 27.9 Å². The Morgan fingerprint density at radius 1 is 1.16 bits per heavy atom. The van der Waals surface area contributed by atoms with Gasteiger partial charge in [-0.3, -0.25) is 15.1 Å². The molecule has 2 saturated carbocycles. The fourth-order valence-electron chi connectivity index (χ4n) is 5.95. The summed E-state index contributed by atoms with van der Waals surface area (Å²) in [5.41, 5.74) is -0.703. The first-order chi connectivity index (χ1) is 15.0. The average molecular weight is 424 g/mol. The predicted octanol–water partition coefficient (Wildman–Crippen LogP) is 3.73. The van der Waals surface area contributed by atoms with Gasteiger partial charge in [0.05, 0.1) is 30.6 Å². The number of pyridine rings is 1. The third-order valence-corrected chi connectivity index (χ3v) is 7.26. The number of aldehydes is 1. The summed E-state index contributed by atoms with van der Waals surface area (Å²) in [7, 11) is 1.55. The van der Waals surface area contributed by atoms with Crippen molar-refractivity contribution in [3.63, 3.8) is 0 Å². The van der Waals surface area contributed by atoms with Gasteiger partial charge in [0.1, 0.15) is 17.6 Å². The molecule has 0 aliphatic heterocycles. The third kappa shape index (κ3) is 3.61. The van der Waals surface area contributed by atoms with Crippen LogP contribution in [0.4, 0.5) is 0 Å². The highest BCUT2D eigenvalue weighted by molar-refractivity contribution is 5.62. The minimum atomic E-state index is -1.70. The van der Waals surface area contributed by atoms with Crippen LogP contribution in [-0.4, -0.2) is 34.5 Å². The Balaban J connectivity index is 1.90. The van der Waals surface area contributed by atoms with E-state index >= 15 is 0 Å². The highest BCUT2D eigenvalue weighted by atomic mass is 16.6. The number of rotatable bonds is 6. The fraction of sp³-hybridized carbons (Fsp3) is 0.500. The largest absolute Gasteiger partial charge is 0.497 e. The van der Waals surface area contributed by atoms with Gasteiger partial charge >= 0.3 is 0 Å². The molecule has 1 aromatic heterocycles. The molecule has 0 radical (unpaired) electrons. The zero-order valence-electron chi connectivity index (χ0n) is 17.6. The molecule has 0 saturated heterocycles. The minimum Gasteiger partial charge on any atom is -0.497 e. The molecule has 7 heteroatoms. The summed E-state index contributed by atoms with van der Waals surface area (Å²) in [6, 6.07) is 11.1. The van der Waals surface area contributed by atoms with E-state index in [0.717, 1.165) is 32.1 Å². The number of carbonyl (C=O) groups is 1. The van der Waals surface area contributed by atoms with Crippen molar-refractivity contribution >= 4 is 6.29 Å². The molecule has 2 aromatic rings. The number of aliphatic hydroxyl groups is 1. The monoisotopic (exact) mass is 424 g/mol. The molecule has 1 heterocycles. The van der Waals surface area contributed by atoms with Crippen LogP contribution in [0.2, 0.25) is 0 Å². The van der Waals surface area contributed by atoms with Gasteiger partial charge in [0, 0.05) is 11.1 Å². The maximum Gasteiger partial charge on any atom is 0.226 e. The van der Waals surface area contributed by atoms with Crippen molar-refractivity contribution in [2.45, 2.75) is 49.7 Å². The van der Waals surface area contributed by atoms with Gasteiger partial charge in [0.2, 0.25) is 6.04 Å². The number of ether oxygens (including phenoxy) is 1. The lowest BCUT2D eigenvalue weighted by Gasteiger charge is -2.38. The van der Waals surface area contributed by atoms with Crippen LogP contribution < -0.4 is 4.74 Å². The van der Waals surface area contributed by atoms with E-state index in [0.29, 0.717) is 23.3 Å². The van der Waals surface area contributed by atoms with Crippen molar-refractivity contribution in [2.24, 2.45) is 17.8 Å². The van der Waals surface area contributed by atoms with E-state index in [-0.39, 0.29) is 10.8 Å². The molecule has 1 aromatic carbocycles. The normalized spacial score (nSPS) is 31.3. The highest BCUT2D eigenvalue weighted by Gasteiger charge is 2.68. The zero-order chi connectivity index (χ0) is 22.0. The number of carbonyl (C=O) groups excluding carboxylic acids is 1. The van der Waals surface area contributed by atoms with Crippen molar-refractivity contribution < 1.29 is 19.6 Å². The van der Waals surface area contributed by atoms with Crippen LogP contribution in [0.25, 0.3) is 0 Å². The number of hydrogen-bond donors (Lipinski definition) is 1. The number of nitro groups is 1. The van der Waals surface area contributed by atoms with Gasteiger partial charge in [-0.05, 0) is 48.6 Å². The van der Waals surface area contributed by atoms with Gasteiger partial charge in [0.25, 0.3) is 0 Å². The molecular weight excluding hydrogens is 396 g/mol. The molecule has 0 unspecified atom stereocenters. The molecule has 5 atom stereocenters. The van der Waals surface area contributed by atoms with E-state index in [1.807, 2.05) is 0 Å². The molecule has 1 N–H and O–H groups in total. The molecule has 7 nitrogen and oxygen atoms in total. The number of benzene rings is 1. The molecule has 164 valence electrons. The van der Waals surface area contributed by atoms with Gasteiger partial charge in [0.15, 0.2) is 0 Å². The quantitative estimate of drug-likeness (QED) is 0.431. The summed E-state index contributed by atoms with van der Waals surface area (Å²) in [6.45, 7) is 0. The molecular formula is C24H28N2O5. The number of aromatic nitrogens is 1. The Morgan fingerprint density at radius 3 is 2.42 bits per heavy atom. The lowest BCUT2D eigenvalue weighted by molar-refractivity contribution is -0.536. The van der Waals surface area contributed by atoms with E-state index in [1.54, 1.807) is 55.8 Å². The molecule has 0 spiro atoms. The summed E-state index contributed by atoms with van der Waals surface area (Å²) in [5, 5.41) is 24.6. The minimum absolute atomic E-state index is 0.0399. The van der Waals surface area contributed by atoms with Crippen LogP contribution in [0.5, 0.6) is 5.75 Å². The lowest BCUT2D eigenvalue weighted by atomic mass is 9.69. The second-order valence-corrected chi connectivity index (χ2v) is 8.70. The number of hydrogen-bond acceptors (Lipinski definition) is 6. The van der Waals surface area contributed by atoms with E-state index < -0.39 is 29.4 Å². The topological polar surface area (TPSA) is 103 Å². The smallest absolute Gasteiger partial charge is 0.226 e. The van der Waals surface area contributed by atoms with Gasteiger partial charge in [-0.15, -0.1) is 0 Å². The van der Waals surface area contributed by atoms with Gasteiger partial charge in [-0.25, -0.2) is 0 Å². The predicted molar refractivity (Wildman–Crippen MR) is 114 cm³/mol. The van der Waals surface area contributed by atoms with Crippen LogP contribution >= 0.6 is 0 Å². The molecule has 4 rings (SSSR count). The summed E-state index contributed by atoms with van der Waals surface area (Å²) in [4.78, 5) is 29.0. The first-order valence-corrected chi connectivity index (χ1v) is 10.9. The first kappa shape index (κ1) is 21.4. The second-order valence-electron chi connectivity index (χ2n) is 8.70. The molecule has 0 amide bonds. The second kappa shape index (κ2) is 8.75. The van der Waals surface area contributed by atoms with Crippen LogP contribution in [0.3, 0.4) is 0 Å². The van der Waals surface area contributed by atoms with Crippen LogP contribution in [-0.2, 0) is 10.4 Å². The Kier molecular flexibility index (Phi) is 6.05. The number of nitrogens with zero attached hydrogens (tertiary/aromatic N) is 2. The Labute approximate surface area is 181 Å². The molecule has 0 bridgehead atoms. The van der Waals surface area contributed by atoms with E-state index in [1.165, 1.54) is 0 Å². The van der Waals surface area contributed by atoms with Crippen LogP contribution in [0.1, 0.15) is 49.3 Å². The maximum absolute atomic E-state index is 12.5. The van der Waals surface area contributed by atoms with Crippen LogP contribution in [0.15, 0.2) is 48.7 Å². The lowest BCUT2D eigenvalue weighted by Crippen LogP contribution is -2.46. The third-order valence-electron chi connectivity index (χ3n) is 7.26. The van der Waals surface area contributed by atoms with Crippen molar-refractivity contribution in [1.29, 1.82) is 0 Å². The fourth-order valence-corrected chi connectivity index (χ4v) is 5.95. The molecule has 31 heavy (non-hydrogen) atoms. The Morgan fingerprint density at radius 2 is 1.87 bits per heavy atom. The van der Waals surface area contributed by atoms with Crippen molar-refractivity contribution in [1.82, 2.24) is 4.98 Å². The van der Waals surface area contributed by atoms with Gasteiger partial charge in [-0.2, -0.15) is 0 Å². The highest BCUT2D eigenvalue weighted by Crippen LogP contribution is 2.58. The summed E-state index contributed by atoms with van der Waals surface area (Å²) in [6.07, 6.45) is 6.92. The Bertz CT molecular complexity index is 913. The van der Waals surface area contributed by atoms with Crippen molar-refractivity contribution in [2.75, 3.05) is 7.11 Å². The summed E-state index contributed by atoms with van der Waals surface area (Å²) >= 11 is 0. The zero-order valence-corrected chi connectivity index (χ0v) is 17.6. The summed E-state index contributed by atoms with van der Waals surface area (Å²) in [5.74, 6) is -1.83. The standard InChI is InChI=1S/C24H28N2O5/c1-31-18-12-10-16(11-13-18)21-19(15-27)24(28,20-9-5-6-14-25-20)22(23(21)26(29)30)17-7-3-2-4-8-17/h5-6,9-15,17,19,21-23,28H,2-4,7-8H2,1H3/t19-,21-,22+,23-,24+/m1/s1. The number of methoxy groups -OCH3 is 1.